The smallest absolute Gasteiger partial charge is 0.221 e. The number of nitrogen functional groups attached to an aromatic ring is 1. The molecule has 4 heteroatoms. The van der Waals surface area contributed by atoms with Crippen LogP contribution in [0, 0.1) is 0 Å². The molecule has 0 fully saturated rings. The van der Waals surface area contributed by atoms with Crippen molar-refractivity contribution in [2.24, 2.45) is 0 Å². The Balaban J connectivity index is 3.17. The molecule has 68 valence electrons. The van der Waals surface area contributed by atoms with Crippen molar-refractivity contribution in [1.82, 2.24) is 0 Å². The predicted octanol–water partition coefficient (Wildman–Crippen LogP) is 0.587. The van der Waals surface area contributed by atoms with Gasteiger partial charge in [0.2, 0.25) is 11.3 Å². The Morgan fingerprint density at radius 1 is 1.31 bits per heavy atom. The zero-order valence-electron chi connectivity index (χ0n) is 7.20. The van der Waals surface area contributed by atoms with Crippen LogP contribution in [0.5, 0.6) is 0 Å². The summed E-state index contributed by atoms with van der Waals surface area (Å²) in [4.78, 5) is 21.9. The number of nitrogens with one attached hydrogen (secondary N) is 1. The summed E-state index contributed by atoms with van der Waals surface area (Å²) in [5, 5.41) is 2.41. The standard InChI is InChI=1S/C9H10N2O2/c1-6(12)11-8-4-2-7(10)3-5-9(8)13/h2-5H,10H2,1H3,(H,11,12,13). The summed E-state index contributed by atoms with van der Waals surface area (Å²) in [6, 6.07) is 5.86. The maximum Gasteiger partial charge on any atom is 0.221 e. The minimum atomic E-state index is -0.276. The SMILES string of the molecule is CC(=O)Nc1ccc(N)ccc1=O. The average molecular weight is 178 g/mol. The zero-order valence-corrected chi connectivity index (χ0v) is 7.20. The molecule has 0 spiro atoms. The molecule has 0 unspecified atom stereocenters. The summed E-state index contributed by atoms with van der Waals surface area (Å²) < 4.78 is 0. The fraction of sp³-hybridized carbons (Fsp3) is 0.111. The number of carbonyl (C=O) groups excluding carboxylic acids is 1. The van der Waals surface area contributed by atoms with Crippen molar-refractivity contribution in [1.29, 1.82) is 0 Å². The van der Waals surface area contributed by atoms with Crippen molar-refractivity contribution in [2.75, 3.05) is 11.1 Å². The summed E-state index contributed by atoms with van der Waals surface area (Å²) in [6.45, 7) is 1.34. The second kappa shape index (κ2) is 3.71. The van der Waals surface area contributed by atoms with Crippen LogP contribution in [0.4, 0.5) is 11.4 Å². The topological polar surface area (TPSA) is 72.2 Å². The average Bonchev–Trinajstić information content (AvgIpc) is 2.19. The highest BCUT2D eigenvalue weighted by atomic mass is 16.2. The molecule has 1 rings (SSSR count). The lowest BCUT2D eigenvalue weighted by Gasteiger charge is -1.95. The Kier molecular flexibility index (Phi) is 2.64. The van der Waals surface area contributed by atoms with E-state index in [9.17, 15) is 9.59 Å². The minimum Gasteiger partial charge on any atom is -0.399 e. The molecule has 3 N–H and O–H groups in total. The number of carbonyl (C=O) groups is 1. The molecule has 0 heterocycles. The van der Waals surface area contributed by atoms with Gasteiger partial charge in [-0.15, -0.1) is 0 Å². The summed E-state index contributed by atoms with van der Waals surface area (Å²) in [6.07, 6.45) is 0. The van der Waals surface area contributed by atoms with Gasteiger partial charge in [0.1, 0.15) is 0 Å². The van der Waals surface area contributed by atoms with Crippen molar-refractivity contribution in [3.05, 3.63) is 34.5 Å². The fourth-order valence-electron chi connectivity index (χ4n) is 0.872. The van der Waals surface area contributed by atoms with Gasteiger partial charge in [-0.3, -0.25) is 9.59 Å². The Labute approximate surface area is 75.4 Å². The van der Waals surface area contributed by atoms with Gasteiger partial charge in [-0.25, -0.2) is 0 Å². The molecule has 4 nitrogen and oxygen atoms in total. The summed E-state index contributed by atoms with van der Waals surface area (Å²) in [5.74, 6) is -0.276. The van der Waals surface area contributed by atoms with Crippen LogP contribution in [0.2, 0.25) is 0 Å². The lowest BCUT2D eigenvalue weighted by Crippen LogP contribution is -2.12. The Bertz CT molecular complexity index is 388. The van der Waals surface area contributed by atoms with E-state index in [1.807, 2.05) is 0 Å². The first-order valence-electron chi connectivity index (χ1n) is 3.77. The van der Waals surface area contributed by atoms with Gasteiger partial charge in [0.05, 0.1) is 5.69 Å². The van der Waals surface area contributed by atoms with E-state index in [4.69, 9.17) is 5.73 Å². The zero-order chi connectivity index (χ0) is 9.84. The highest BCUT2D eigenvalue weighted by Crippen LogP contribution is 2.02. The van der Waals surface area contributed by atoms with E-state index in [0.717, 1.165) is 0 Å². The first kappa shape index (κ1) is 9.25. The second-order valence-corrected chi connectivity index (χ2v) is 2.63. The number of nitrogens with two attached hydrogens (primary N) is 1. The third-order valence-electron chi connectivity index (χ3n) is 1.45. The number of anilines is 2. The summed E-state index contributed by atoms with van der Waals surface area (Å²) in [5.41, 5.74) is 5.92. The maximum absolute atomic E-state index is 11.2. The predicted molar refractivity (Wildman–Crippen MR) is 51.4 cm³/mol. The minimum absolute atomic E-state index is 0.240. The van der Waals surface area contributed by atoms with Gasteiger partial charge >= 0.3 is 0 Å². The van der Waals surface area contributed by atoms with E-state index < -0.39 is 0 Å². The Hall–Kier alpha value is -1.84. The van der Waals surface area contributed by atoms with Crippen molar-refractivity contribution in [3.8, 4) is 0 Å². The highest BCUT2D eigenvalue weighted by molar-refractivity contribution is 5.88. The first-order valence-corrected chi connectivity index (χ1v) is 3.77. The van der Waals surface area contributed by atoms with Crippen molar-refractivity contribution in [2.45, 2.75) is 6.92 Å². The Morgan fingerprint density at radius 2 is 1.92 bits per heavy atom. The van der Waals surface area contributed by atoms with Crippen molar-refractivity contribution < 1.29 is 4.79 Å². The number of hydrogen-bond donors (Lipinski definition) is 2. The molecule has 0 atom stereocenters. The molecule has 0 aliphatic heterocycles. The van der Waals surface area contributed by atoms with E-state index >= 15 is 0 Å². The molecule has 0 radical (unpaired) electrons. The molecule has 1 aromatic rings. The highest BCUT2D eigenvalue weighted by Gasteiger charge is 1.97. The van der Waals surface area contributed by atoms with Gasteiger partial charge in [0, 0.05) is 12.6 Å². The lowest BCUT2D eigenvalue weighted by molar-refractivity contribution is -0.114. The monoisotopic (exact) mass is 178 g/mol. The van der Waals surface area contributed by atoms with Gasteiger partial charge in [0.25, 0.3) is 0 Å². The summed E-state index contributed by atoms with van der Waals surface area (Å²) >= 11 is 0. The molecule has 0 aromatic heterocycles. The molecule has 1 aromatic carbocycles. The molecule has 13 heavy (non-hydrogen) atoms. The lowest BCUT2D eigenvalue weighted by atomic mass is 10.4. The first-order chi connectivity index (χ1) is 6.09. The number of rotatable bonds is 1. The quantitative estimate of drug-likeness (QED) is 0.661. The van der Waals surface area contributed by atoms with Gasteiger partial charge in [-0.2, -0.15) is 0 Å². The van der Waals surface area contributed by atoms with Gasteiger partial charge in [0.15, 0.2) is 0 Å². The largest absolute Gasteiger partial charge is 0.399 e. The maximum atomic E-state index is 11.2. The molecule has 1 amide bonds. The number of amides is 1. The van der Waals surface area contributed by atoms with E-state index in [2.05, 4.69) is 5.32 Å². The normalized spacial score (nSPS) is 9.31. The Morgan fingerprint density at radius 3 is 2.54 bits per heavy atom. The van der Waals surface area contributed by atoms with E-state index in [0.29, 0.717) is 5.69 Å². The van der Waals surface area contributed by atoms with E-state index in [1.54, 1.807) is 6.07 Å². The van der Waals surface area contributed by atoms with Crippen LogP contribution in [-0.2, 0) is 4.79 Å². The molecular weight excluding hydrogens is 168 g/mol. The van der Waals surface area contributed by atoms with Crippen LogP contribution in [0.3, 0.4) is 0 Å². The molecule has 0 saturated heterocycles. The third kappa shape index (κ3) is 2.59. The van der Waals surface area contributed by atoms with E-state index in [1.165, 1.54) is 25.1 Å². The van der Waals surface area contributed by atoms with Crippen LogP contribution in [-0.4, -0.2) is 5.91 Å². The summed E-state index contributed by atoms with van der Waals surface area (Å²) in [7, 11) is 0. The van der Waals surface area contributed by atoms with Crippen molar-refractivity contribution in [3.63, 3.8) is 0 Å². The molecule has 0 bridgehead atoms. The molecule has 0 saturated carbocycles. The van der Waals surface area contributed by atoms with Crippen LogP contribution < -0.4 is 16.5 Å². The van der Waals surface area contributed by atoms with Gasteiger partial charge in [-0.05, 0) is 24.3 Å². The third-order valence-corrected chi connectivity index (χ3v) is 1.45. The van der Waals surface area contributed by atoms with Crippen LogP contribution in [0.15, 0.2) is 29.1 Å². The molecular formula is C9H10N2O2. The van der Waals surface area contributed by atoms with Crippen LogP contribution >= 0.6 is 0 Å². The van der Waals surface area contributed by atoms with E-state index in [-0.39, 0.29) is 17.0 Å². The molecule has 0 aliphatic carbocycles. The van der Waals surface area contributed by atoms with Gasteiger partial charge < -0.3 is 11.1 Å². The van der Waals surface area contributed by atoms with Crippen LogP contribution in [0.25, 0.3) is 0 Å². The fourth-order valence-corrected chi connectivity index (χ4v) is 0.872. The van der Waals surface area contributed by atoms with Crippen molar-refractivity contribution >= 4 is 17.3 Å². The van der Waals surface area contributed by atoms with Gasteiger partial charge in [-0.1, -0.05) is 0 Å². The van der Waals surface area contributed by atoms with Crippen LogP contribution in [0.1, 0.15) is 6.92 Å². The molecule has 0 aliphatic rings. The number of hydrogen-bond acceptors (Lipinski definition) is 3. The second-order valence-electron chi connectivity index (χ2n) is 2.63.